The summed E-state index contributed by atoms with van der Waals surface area (Å²) in [6.45, 7) is 3.94. The van der Waals surface area contributed by atoms with Crippen molar-refractivity contribution in [3.8, 4) is 5.69 Å². The highest BCUT2D eigenvalue weighted by atomic mass is 32.2. The average molecular weight is 412 g/mol. The van der Waals surface area contributed by atoms with Crippen molar-refractivity contribution in [1.29, 1.82) is 0 Å². The van der Waals surface area contributed by atoms with Crippen LogP contribution in [0.2, 0.25) is 0 Å². The zero-order valence-electron chi connectivity index (χ0n) is 16.7. The second kappa shape index (κ2) is 8.82. The van der Waals surface area contributed by atoms with Crippen LogP contribution >= 0.6 is 11.8 Å². The van der Waals surface area contributed by atoms with Gasteiger partial charge in [0.1, 0.15) is 5.82 Å². The number of aryl methyl sites for hydroxylation is 2. The van der Waals surface area contributed by atoms with Crippen LogP contribution < -0.4 is 5.32 Å². The lowest BCUT2D eigenvalue weighted by molar-refractivity contribution is -0.113. The van der Waals surface area contributed by atoms with Gasteiger partial charge in [0.05, 0.1) is 17.1 Å². The molecule has 0 bridgehead atoms. The molecule has 1 saturated carbocycles. The monoisotopic (exact) mass is 411 g/mol. The van der Waals surface area contributed by atoms with Gasteiger partial charge in [-0.05, 0) is 38.8 Å². The van der Waals surface area contributed by atoms with Gasteiger partial charge in [-0.15, -0.1) is 10.2 Å². The molecule has 0 aliphatic heterocycles. The van der Waals surface area contributed by atoms with E-state index >= 15 is 0 Å². The number of thioether (sulfide) groups is 1. The van der Waals surface area contributed by atoms with E-state index in [1.54, 1.807) is 4.68 Å². The second-order valence-electron chi connectivity index (χ2n) is 7.50. The summed E-state index contributed by atoms with van der Waals surface area (Å²) in [5.74, 6) is 1.78. The molecule has 1 amide bonds. The summed E-state index contributed by atoms with van der Waals surface area (Å²) in [6, 6.07) is 9.87. The number of nitrogens with one attached hydrogen (secondary N) is 1. The van der Waals surface area contributed by atoms with Crippen LogP contribution in [-0.4, -0.2) is 31.6 Å². The standard InChI is InChI=1S/C21H25N5O2S/c1-14-8-10-17(11-9-14)26-18(12-15(2)25-26)22-19(27)13-29-21-24-23-20(28-21)16-6-4-3-5-7-16/h8-12,16H,3-7,13H2,1-2H3,(H,22,27). The highest BCUT2D eigenvalue weighted by Gasteiger charge is 2.21. The molecule has 1 fully saturated rings. The zero-order chi connectivity index (χ0) is 20.2. The SMILES string of the molecule is Cc1ccc(-n2nc(C)cc2NC(=O)CSc2nnc(C3CCCCC3)o2)cc1. The normalized spacial score (nSPS) is 14.8. The maximum Gasteiger partial charge on any atom is 0.277 e. The Morgan fingerprint density at radius 3 is 2.69 bits per heavy atom. The highest BCUT2D eigenvalue weighted by Crippen LogP contribution is 2.33. The molecule has 0 spiro atoms. The highest BCUT2D eigenvalue weighted by molar-refractivity contribution is 7.99. The van der Waals surface area contributed by atoms with Gasteiger partial charge in [-0.25, -0.2) is 4.68 Å². The quantitative estimate of drug-likeness (QED) is 0.594. The van der Waals surface area contributed by atoms with E-state index in [0.29, 0.717) is 22.8 Å². The fourth-order valence-electron chi connectivity index (χ4n) is 3.57. The number of anilines is 1. The van der Waals surface area contributed by atoms with Crippen molar-refractivity contribution >= 4 is 23.5 Å². The van der Waals surface area contributed by atoms with Crippen molar-refractivity contribution < 1.29 is 9.21 Å². The lowest BCUT2D eigenvalue weighted by Gasteiger charge is -2.17. The molecule has 0 saturated heterocycles. The number of benzene rings is 1. The molecule has 1 aliphatic rings. The molecule has 1 N–H and O–H groups in total. The lowest BCUT2D eigenvalue weighted by Crippen LogP contribution is -2.17. The van der Waals surface area contributed by atoms with Gasteiger partial charge in [0.15, 0.2) is 0 Å². The van der Waals surface area contributed by atoms with Crippen LogP contribution in [0, 0.1) is 13.8 Å². The van der Waals surface area contributed by atoms with E-state index in [0.717, 1.165) is 24.2 Å². The van der Waals surface area contributed by atoms with Crippen molar-refractivity contribution in [2.75, 3.05) is 11.1 Å². The van der Waals surface area contributed by atoms with Crippen LogP contribution in [0.3, 0.4) is 0 Å². The van der Waals surface area contributed by atoms with Crippen molar-refractivity contribution in [1.82, 2.24) is 20.0 Å². The van der Waals surface area contributed by atoms with E-state index in [1.807, 2.05) is 44.2 Å². The van der Waals surface area contributed by atoms with Crippen LogP contribution in [0.15, 0.2) is 40.0 Å². The number of carbonyl (C=O) groups excluding carboxylic acids is 1. The summed E-state index contributed by atoms with van der Waals surface area (Å²) >= 11 is 1.26. The summed E-state index contributed by atoms with van der Waals surface area (Å²) in [5.41, 5.74) is 2.91. The summed E-state index contributed by atoms with van der Waals surface area (Å²) in [7, 11) is 0. The Hall–Kier alpha value is -2.61. The van der Waals surface area contributed by atoms with Crippen LogP contribution in [0.5, 0.6) is 0 Å². The van der Waals surface area contributed by atoms with Gasteiger partial charge >= 0.3 is 0 Å². The van der Waals surface area contributed by atoms with Crippen LogP contribution in [0.1, 0.15) is 55.2 Å². The predicted molar refractivity (Wildman–Crippen MR) is 113 cm³/mol. The Kier molecular flexibility index (Phi) is 5.99. The Morgan fingerprint density at radius 1 is 1.17 bits per heavy atom. The fraction of sp³-hybridized carbons (Fsp3) is 0.429. The third-order valence-electron chi connectivity index (χ3n) is 5.08. The van der Waals surface area contributed by atoms with E-state index in [9.17, 15) is 4.79 Å². The van der Waals surface area contributed by atoms with Crippen LogP contribution in [-0.2, 0) is 4.79 Å². The molecule has 0 unspecified atom stereocenters. The molecule has 1 aliphatic carbocycles. The van der Waals surface area contributed by atoms with Crippen molar-refractivity contribution in [3.63, 3.8) is 0 Å². The molecular formula is C21H25N5O2S. The summed E-state index contributed by atoms with van der Waals surface area (Å²) in [5, 5.41) is 16.2. The van der Waals surface area contributed by atoms with Crippen LogP contribution in [0.4, 0.5) is 5.82 Å². The molecule has 8 heteroatoms. The van der Waals surface area contributed by atoms with E-state index < -0.39 is 0 Å². The molecule has 3 aromatic rings. The van der Waals surface area contributed by atoms with Gasteiger partial charge in [-0.1, -0.05) is 48.7 Å². The minimum absolute atomic E-state index is 0.138. The van der Waals surface area contributed by atoms with Crippen LogP contribution in [0.25, 0.3) is 5.69 Å². The first-order chi connectivity index (χ1) is 14.1. The number of nitrogens with zero attached hydrogens (tertiary/aromatic N) is 4. The first kappa shape index (κ1) is 19.7. The Labute approximate surface area is 174 Å². The van der Waals surface area contributed by atoms with Crippen molar-refractivity contribution in [3.05, 3.63) is 47.5 Å². The minimum Gasteiger partial charge on any atom is -0.416 e. The van der Waals surface area contributed by atoms with E-state index in [-0.39, 0.29) is 11.7 Å². The molecule has 1 aromatic carbocycles. The molecular weight excluding hydrogens is 386 g/mol. The van der Waals surface area contributed by atoms with E-state index in [2.05, 4.69) is 20.6 Å². The maximum atomic E-state index is 12.5. The molecule has 4 rings (SSSR count). The molecule has 0 atom stereocenters. The molecule has 0 radical (unpaired) electrons. The Morgan fingerprint density at radius 2 is 1.93 bits per heavy atom. The first-order valence-corrected chi connectivity index (χ1v) is 11.0. The number of hydrogen-bond donors (Lipinski definition) is 1. The number of aromatic nitrogens is 4. The van der Waals surface area contributed by atoms with Crippen molar-refractivity contribution in [2.45, 2.75) is 57.1 Å². The Bertz CT molecular complexity index is 973. The fourth-order valence-corrected chi connectivity index (χ4v) is 4.14. The minimum atomic E-state index is -0.138. The predicted octanol–water partition coefficient (Wildman–Crippen LogP) is 4.65. The van der Waals surface area contributed by atoms with Gasteiger partial charge in [-0.3, -0.25) is 4.79 Å². The molecule has 2 heterocycles. The van der Waals surface area contributed by atoms with Gasteiger partial charge in [0.2, 0.25) is 11.8 Å². The first-order valence-electron chi connectivity index (χ1n) is 9.98. The number of hydrogen-bond acceptors (Lipinski definition) is 6. The topological polar surface area (TPSA) is 85.8 Å². The third-order valence-corrected chi connectivity index (χ3v) is 5.90. The zero-order valence-corrected chi connectivity index (χ0v) is 17.5. The number of amides is 1. The molecule has 2 aromatic heterocycles. The molecule has 29 heavy (non-hydrogen) atoms. The van der Waals surface area contributed by atoms with E-state index in [1.165, 1.54) is 36.6 Å². The van der Waals surface area contributed by atoms with E-state index in [4.69, 9.17) is 4.42 Å². The maximum absolute atomic E-state index is 12.5. The lowest BCUT2D eigenvalue weighted by atomic mass is 9.89. The van der Waals surface area contributed by atoms with Gasteiger partial charge in [0.25, 0.3) is 5.22 Å². The second-order valence-corrected chi connectivity index (χ2v) is 8.42. The van der Waals surface area contributed by atoms with Gasteiger partial charge in [0, 0.05) is 12.0 Å². The summed E-state index contributed by atoms with van der Waals surface area (Å²) in [6.07, 6.45) is 5.92. The Balaban J connectivity index is 1.37. The molecule has 152 valence electrons. The molecule has 7 nitrogen and oxygen atoms in total. The van der Waals surface area contributed by atoms with Gasteiger partial charge in [-0.2, -0.15) is 5.10 Å². The van der Waals surface area contributed by atoms with Gasteiger partial charge < -0.3 is 9.73 Å². The summed E-state index contributed by atoms with van der Waals surface area (Å²) < 4.78 is 7.52. The number of rotatable bonds is 6. The third kappa shape index (κ3) is 4.87. The van der Waals surface area contributed by atoms with Crippen molar-refractivity contribution in [2.24, 2.45) is 0 Å². The largest absolute Gasteiger partial charge is 0.416 e. The average Bonchev–Trinajstić information content (AvgIpc) is 3.34. The summed E-state index contributed by atoms with van der Waals surface area (Å²) in [4.78, 5) is 12.5. The smallest absolute Gasteiger partial charge is 0.277 e. The number of carbonyl (C=O) groups is 1.